The molecule has 1 aromatic heterocycles. The molecule has 3 rings (SSSR count). The number of halogens is 3. The molecule has 5 nitrogen and oxygen atoms in total. The highest BCUT2D eigenvalue weighted by atomic mass is 35.5. The number of hydrogen-bond donors (Lipinski definition) is 2. The van der Waals surface area contributed by atoms with Gasteiger partial charge in [-0.05, 0) is 42.5 Å². The molecule has 0 aliphatic heterocycles. The third kappa shape index (κ3) is 4.22. The SMILES string of the molecule is COc1c(Cl)cc(Cl)cc1C(=O)Nc1cc(-c2ccc(CO)o2)ccc1Cl. The van der Waals surface area contributed by atoms with E-state index in [9.17, 15) is 4.79 Å². The Morgan fingerprint density at radius 2 is 1.89 bits per heavy atom. The van der Waals surface area contributed by atoms with E-state index in [-0.39, 0.29) is 22.9 Å². The molecule has 2 N–H and O–H groups in total. The number of aliphatic hydroxyl groups is 1. The number of nitrogens with one attached hydrogen (secondary N) is 1. The van der Waals surface area contributed by atoms with Crippen molar-refractivity contribution in [3.05, 3.63) is 68.9 Å². The van der Waals surface area contributed by atoms with Gasteiger partial charge in [0.25, 0.3) is 5.91 Å². The van der Waals surface area contributed by atoms with Crippen LogP contribution in [0.4, 0.5) is 5.69 Å². The summed E-state index contributed by atoms with van der Waals surface area (Å²) in [6.07, 6.45) is 0. The molecule has 0 spiro atoms. The molecule has 3 aromatic rings. The lowest BCUT2D eigenvalue weighted by Crippen LogP contribution is -2.14. The number of methoxy groups -OCH3 is 1. The van der Waals surface area contributed by atoms with Gasteiger partial charge in [-0.25, -0.2) is 0 Å². The van der Waals surface area contributed by atoms with E-state index in [0.29, 0.717) is 32.8 Å². The lowest BCUT2D eigenvalue weighted by atomic mass is 10.1. The summed E-state index contributed by atoms with van der Waals surface area (Å²) < 4.78 is 10.7. The van der Waals surface area contributed by atoms with Crippen LogP contribution in [0.1, 0.15) is 16.1 Å². The zero-order chi connectivity index (χ0) is 19.6. The molecule has 0 bridgehead atoms. The summed E-state index contributed by atoms with van der Waals surface area (Å²) in [5, 5.41) is 12.7. The summed E-state index contributed by atoms with van der Waals surface area (Å²) in [5.41, 5.74) is 1.24. The maximum atomic E-state index is 12.7. The van der Waals surface area contributed by atoms with Gasteiger partial charge < -0.3 is 19.6 Å². The Balaban J connectivity index is 1.94. The highest BCUT2D eigenvalue weighted by molar-refractivity contribution is 6.37. The van der Waals surface area contributed by atoms with E-state index in [2.05, 4.69) is 5.32 Å². The number of amides is 1. The predicted octanol–water partition coefficient (Wildman–Crippen LogP) is 5.66. The maximum absolute atomic E-state index is 12.7. The van der Waals surface area contributed by atoms with Gasteiger partial charge in [-0.15, -0.1) is 0 Å². The van der Waals surface area contributed by atoms with Gasteiger partial charge in [0.05, 0.1) is 28.4 Å². The zero-order valence-corrected chi connectivity index (χ0v) is 16.3. The van der Waals surface area contributed by atoms with E-state index in [4.69, 9.17) is 49.1 Å². The number of ether oxygens (including phenoxy) is 1. The fourth-order valence-corrected chi connectivity index (χ4v) is 3.25. The number of benzene rings is 2. The zero-order valence-electron chi connectivity index (χ0n) is 14.1. The summed E-state index contributed by atoms with van der Waals surface area (Å²) in [6, 6.07) is 11.4. The summed E-state index contributed by atoms with van der Waals surface area (Å²) in [4.78, 5) is 12.7. The molecule has 0 radical (unpaired) electrons. The van der Waals surface area contributed by atoms with Crippen LogP contribution in [0.15, 0.2) is 46.9 Å². The first-order chi connectivity index (χ1) is 12.9. The molecule has 27 heavy (non-hydrogen) atoms. The number of hydrogen-bond acceptors (Lipinski definition) is 4. The fraction of sp³-hybridized carbons (Fsp3) is 0.105. The molecule has 0 atom stereocenters. The van der Waals surface area contributed by atoms with Gasteiger partial charge in [-0.1, -0.05) is 34.8 Å². The summed E-state index contributed by atoms with van der Waals surface area (Å²) in [7, 11) is 1.41. The number of furan rings is 1. The van der Waals surface area contributed by atoms with Gasteiger partial charge in [0.15, 0.2) is 0 Å². The first-order valence-corrected chi connectivity index (χ1v) is 8.90. The van der Waals surface area contributed by atoms with Gasteiger partial charge >= 0.3 is 0 Å². The molecule has 0 saturated heterocycles. The Labute approximate surface area is 170 Å². The third-order valence-electron chi connectivity index (χ3n) is 3.77. The molecular weight excluding hydrogens is 413 g/mol. The Bertz CT molecular complexity index is 1000. The first-order valence-electron chi connectivity index (χ1n) is 7.76. The van der Waals surface area contributed by atoms with Crippen LogP contribution in [0.5, 0.6) is 5.75 Å². The van der Waals surface area contributed by atoms with Gasteiger partial charge in [-0.3, -0.25) is 4.79 Å². The van der Waals surface area contributed by atoms with Crippen LogP contribution in [0, 0.1) is 0 Å². The fourth-order valence-electron chi connectivity index (χ4n) is 2.52. The monoisotopic (exact) mass is 425 g/mol. The lowest BCUT2D eigenvalue weighted by Gasteiger charge is -2.13. The van der Waals surface area contributed by atoms with Gasteiger partial charge in [0.2, 0.25) is 0 Å². The number of carbonyl (C=O) groups is 1. The van der Waals surface area contributed by atoms with Crippen LogP contribution in [-0.2, 0) is 6.61 Å². The van der Waals surface area contributed by atoms with Crippen molar-refractivity contribution in [2.75, 3.05) is 12.4 Å². The van der Waals surface area contributed by atoms with Crippen molar-refractivity contribution in [3.8, 4) is 17.1 Å². The number of aliphatic hydroxyl groups excluding tert-OH is 1. The highest BCUT2D eigenvalue weighted by Crippen LogP contribution is 2.34. The van der Waals surface area contributed by atoms with Crippen molar-refractivity contribution in [2.24, 2.45) is 0 Å². The minimum Gasteiger partial charge on any atom is -0.494 e. The van der Waals surface area contributed by atoms with E-state index in [1.54, 1.807) is 30.3 Å². The Hall–Kier alpha value is -2.18. The summed E-state index contributed by atoms with van der Waals surface area (Å²) >= 11 is 18.3. The largest absolute Gasteiger partial charge is 0.494 e. The van der Waals surface area contributed by atoms with Crippen LogP contribution in [0.2, 0.25) is 15.1 Å². The van der Waals surface area contributed by atoms with Gasteiger partial charge in [0, 0.05) is 10.6 Å². The lowest BCUT2D eigenvalue weighted by molar-refractivity contribution is 0.102. The van der Waals surface area contributed by atoms with Crippen LogP contribution in [0.3, 0.4) is 0 Å². The topological polar surface area (TPSA) is 71.7 Å². The van der Waals surface area contributed by atoms with Crippen molar-refractivity contribution >= 4 is 46.4 Å². The minimum atomic E-state index is -0.481. The molecule has 1 amide bonds. The molecule has 0 aliphatic carbocycles. The second kappa shape index (κ2) is 8.23. The molecule has 0 saturated carbocycles. The Morgan fingerprint density at radius 1 is 1.11 bits per heavy atom. The number of rotatable bonds is 5. The minimum absolute atomic E-state index is 0.178. The van der Waals surface area contributed by atoms with Crippen molar-refractivity contribution in [1.82, 2.24) is 0 Å². The van der Waals surface area contributed by atoms with Crippen molar-refractivity contribution in [2.45, 2.75) is 6.61 Å². The third-order valence-corrected chi connectivity index (χ3v) is 4.60. The van der Waals surface area contributed by atoms with Crippen LogP contribution < -0.4 is 10.1 Å². The maximum Gasteiger partial charge on any atom is 0.259 e. The molecule has 0 fully saturated rings. The molecule has 140 valence electrons. The molecule has 2 aromatic carbocycles. The Morgan fingerprint density at radius 3 is 2.56 bits per heavy atom. The van der Waals surface area contributed by atoms with Crippen LogP contribution in [0.25, 0.3) is 11.3 Å². The average Bonchev–Trinajstić information content (AvgIpc) is 3.12. The van der Waals surface area contributed by atoms with Crippen molar-refractivity contribution in [3.63, 3.8) is 0 Å². The number of carbonyl (C=O) groups excluding carboxylic acids is 1. The van der Waals surface area contributed by atoms with E-state index >= 15 is 0 Å². The van der Waals surface area contributed by atoms with E-state index in [0.717, 1.165) is 0 Å². The molecule has 0 unspecified atom stereocenters. The Kier molecular flexibility index (Phi) is 5.97. The van der Waals surface area contributed by atoms with E-state index < -0.39 is 5.91 Å². The summed E-state index contributed by atoms with van der Waals surface area (Å²) in [5.74, 6) is 0.702. The normalized spacial score (nSPS) is 10.7. The average molecular weight is 427 g/mol. The number of anilines is 1. The van der Waals surface area contributed by atoms with Crippen LogP contribution in [-0.4, -0.2) is 18.1 Å². The molecular formula is C19H14Cl3NO4. The van der Waals surface area contributed by atoms with Gasteiger partial charge in [-0.2, -0.15) is 0 Å². The van der Waals surface area contributed by atoms with Gasteiger partial charge in [0.1, 0.15) is 23.9 Å². The smallest absolute Gasteiger partial charge is 0.259 e. The highest BCUT2D eigenvalue weighted by Gasteiger charge is 2.18. The summed E-state index contributed by atoms with van der Waals surface area (Å²) in [6.45, 7) is -0.202. The van der Waals surface area contributed by atoms with Crippen molar-refractivity contribution in [1.29, 1.82) is 0 Å². The van der Waals surface area contributed by atoms with Crippen molar-refractivity contribution < 1.29 is 19.1 Å². The molecule has 8 heteroatoms. The second-order valence-corrected chi connectivity index (χ2v) is 6.79. The predicted molar refractivity (Wildman–Crippen MR) is 106 cm³/mol. The first kappa shape index (κ1) is 19.6. The van der Waals surface area contributed by atoms with Crippen LogP contribution >= 0.6 is 34.8 Å². The molecule has 0 aliphatic rings. The second-order valence-electron chi connectivity index (χ2n) is 5.54. The van der Waals surface area contributed by atoms with E-state index in [1.807, 2.05) is 0 Å². The quantitative estimate of drug-likeness (QED) is 0.552. The standard InChI is InChI=1S/C19H14Cl3NO4/c1-26-18-13(7-11(20)8-15(18)22)19(25)23-16-6-10(2-4-14(16)21)17-5-3-12(9-24)27-17/h2-8,24H,9H2,1H3,(H,23,25). The molecule has 1 heterocycles. The van der Waals surface area contributed by atoms with E-state index in [1.165, 1.54) is 19.2 Å².